The molecule has 0 spiro atoms. The number of rotatable bonds is 2. The van der Waals surface area contributed by atoms with Crippen molar-refractivity contribution in [2.24, 2.45) is 0 Å². The number of para-hydroxylation sites is 1. The third-order valence-electron chi connectivity index (χ3n) is 3.03. The van der Waals surface area contributed by atoms with Crippen LogP contribution in [0, 0.1) is 0 Å². The fraction of sp³-hybridized carbons (Fsp3) is 0.200. The number of benzene rings is 2. The first-order valence-electron chi connectivity index (χ1n) is 6.13. The van der Waals surface area contributed by atoms with Gasteiger partial charge in [0.1, 0.15) is 0 Å². The SMILES string of the molecule is CCCN1c2ccccc2Sc2ccc(Br)cc21. The lowest BCUT2D eigenvalue weighted by atomic mass is 10.2. The topological polar surface area (TPSA) is 3.24 Å². The van der Waals surface area contributed by atoms with Crippen LogP contribution in [0.1, 0.15) is 13.3 Å². The van der Waals surface area contributed by atoms with Crippen LogP contribution >= 0.6 is 27.7 Å². The number of fused-ring (bicyclic) bond motifs is 2. The van der Waals surface area contributed by atoms with Crippen LogP contribution in [0.15, 0.2) is 56.7 Å². The van der Waals surface area contributed by atoms with Crippen molar-refractivity contribution in [1.29, 1.82) is 0 Å². The van der Waals surface area contributed by atoms with E-state index in [1.807, 2.05) is 11.8 Å². The number of hydrogen-bond acceptors (Lipinski definition) is 2. The first-order chi connectivity index (χ1) is 8.79. The Balaban J connectivity index is 2.15. The largest absolute Gasteiger partial charge is 0.340 e. The molecule has 0 aliphatic carbocycles. The highest BCUT2D eigenvalue weighted by Gasteiger charge is 2.22. The number of hydrogen-bond donors (Lipinski definition) is 0. The minimum atomic E-state index is 1.06. The van der Waals surface area contributed by atoms with E-state index in [1.54, 1.807) is 0 Å². The van der Waals surface area contributed by atoms with Crippen molar-refractivity contribution in [1.82, 2.24) is 0 Å². The Labute approximate surface area is 120 Å². The minimum absolute atomic E-state index is 1.06. The van der Waals surface area contributed by atoms with E-state index in [9.17, 15) is 0 Å². The van der Waals surface area contributed by atoms with Gasteiger partial charge in [0.05, 0.1) is 11.4 Å². The van der Waals surface area contributed by atoms with Crippen LogP contribution in [-0.2, 0) is 0 Å². The van der Waals surface area contributed by atoms with E-state index in [1.165, 1.54) is 21.2 Å². The molecule has 3 rings (SSSR count). The van der Waals surface area contributed by atoms with Crippen molar-refractivity contribution in [3.63, 3.8) is 0 Å². The maximum atomic E-state index is 3.57. The number of halogens is 1. The summed E-state index contributed by atoms with van der Waals surface area (Å²) in [6.07, 6.45) is 1.14. The van der Waals surface area contributed by atoms with Crippen LogP contribution < -0.4 is 4.90 Å². The zero-order chi connectivity index (χ0) is 12.5. The Bertz CT molecular complexity index is 582. The van der Waals surface area contributed by atoms with Crippen LogP contribution in [-0.4, -0.2) is 6.54 Å². The van der Waals surface area contributed by atoms with Crippen molar-refractivity contribution < 1.29 is 0 Å². The summed E-state index contributed by atoms with van der Waals surface area (Å²) in [7, 11) is 0. The summed E-state index contributed by atoms with van der Waals surface area (Å²) in [5, 5.41) is 0. The third-order valence-corrected chi connectivity index (χ3v) is 4.66. The van der Waals surface area contributed by atoms with Gasteiger partial charge in [-0.3, -0.25) is 0 Å². The van der Waals surface area contributed by atoms with Crippen LogP contribution in [0.5, 0.6) is 0 Å². The van der Waals surface area contributed by atoms with Gasteiger partial charge in [-0.05, 0) is 36.8 Å². The van der Waals surface area contributed by atoms with Crippen LogP contribution in [0.4, 0.5) is 11.4 Å². The molecule has 2 aromatic rings. The molecule has 0 bridgehead atoms. The second-order valence-corrected chi connectivity index (χ2v) is 6.33. The predicted octanol–water partition coefficient (Wildman–Crippen LogP) is 5.46. The van der Waals surface area contributed by atoms with Gasteiger partial charge >= 0.3 is 0 Å². The molecule has 0 aromatic heterocycles. The summed E-state index contributed by atoms with van der Waals surface area (Å²) < 4.78 is 1.14. The highest BCUT2D eigenvalue weighted by molar-refractivity contribution is 9.10. The van der Waals surface area contributed by atoms with E-state index >= 15 is 0 Å². The lowest BCUT2D eigenvalue weighted by molar-refractivity contribution is 0.866. The lowest BCUT2D eigenvalue weighted by Gasteiger charge is -2.32. The molecular formula is C15H14BrNS. The molecule has 0 N–H and O–H groups in total. The van der Waals surface area contributed by atoms with Crippen molar-refractivity contribution in [3.05, 3.63) is 46.9 Å². The first-order valence-corrected chi connectivity index (χ1v) is 7.74. The van der Waals surface area contributed by atoms with E-state index in [0.717, 1.165) is 17.4 Å². The molecule has 0 amide bonds. The monoisotopic (exact) mass is 319 g/mol. The Morgan fingerprint density at radius 1 is 1.06 bits per heavy atom. The average molecular weight is 320 g/mol. The summed E-state index contributed by atoms with van der Waals surface area (Å²) in [4.78, 5) is 5.11. The summed E-state index contributed by atoms with van der Waals surface area (Å²) in [6, 6.07) is 15.2. The molecule has 1 nitrogen and oxygen atoms in total. The molecule has 0 fully saturated rings. The third kappa shape index (κ3) is 2.06. The molecule has 92 valence electrons. The Kier molecular flexibility index (Phi) is 3.35. The van der Waals surface area contributed by atoms with Crippen LogP contribution in [0.2, 0.25) is 0 Å². The maximum Gasteiger partial charge on any atom is 0.0564 e. The average Bonchev–Trinajstić information content (AvgIpc) is 2.39. The predicted molar refractivity (Wildman–Crippen MR) is 82.0 cm³/mol. The van der Waals surface area contributed by atoms with Gasteiger partial charge in [0.25, 0.3) is 0 Å². The van der Waals surface area contributed by atoms with E-state index in [2.05, 4.69) is 70.2 Å². The van der Waals surface area contributed by atoms with Crippen LogP contribution in [0.25, 0.3) is 0 Å². The molecule has 1 aliphatic rings. The zero-order valence-electron chi connectivity index (χ0n) is 10.2. The highest BCUT2D eigenvalue weighted by atomic mass is 79.9. The van der Waals surface area contributed by atoms with Gasteiger partial charge < -0.3 is 4.90 Å². The molecular weight excluding hydrogens is 306 g/mol. The molecule has 18 heavy (non-hydrogen) atoms. The van der Waals surface area contributed by atoms with Crippen molar-refractivity contribution in [2.45, 2.75) is 23.1 Å². The summed E-state index contributed by atoms with van der Waals surface area (Å²) in [5.41, 5.74) is 2.64. The van der Waals surface area contributed by atoms with Crippen molar-refractivity contribution in [2.75, 3.05) is 11.4 Å². The standard InChI is InChI=1S/C15H14BrNS/c1-2-9-17-12-5-3-4-6-14(12)18-15-8-7-11(16)10-13(15)17/h3-8,10H,2,9H2,1H3. The number of anilines is 2. The zero-order valence-corrected chi connectivity index (χ0v) is 12.6. The smallest absolute Gasteiger partial charge is 0.0564 e. The van der Waals surface area contributed by atoms with Gasteiger partial charge in [-0.25, -0.2) is 0 Å². The molecule has 3 heteroatoms. The van der Waals surface area contributed by atoms with E-state index in [-0.39, 0.29) is 0 Å². The van der Waals surface area contributed by atoms with Crippen molar-refractivity contribution in [3.8, 4) is 0 Å². The molecule has 1 heterocycles. The fourth-order valence-corrected chi connectivity index (χ4v) is 3.69. The summed E-state index contributed by atoms with van der Waals surface area (Å²) in [5.74, 6) is 0. The number of nitrogens with zero attached hydrogens (tertiary/aromatic N) is 1. The molecule has 0 saturated heterocycles. The lowest BCUT2D eigenvalue weighted by Crippen LogP contribution is -2.21. The van der Waals surface area contributed by atoms with E-state index < -0.39 is 0 Å². The van der Waals surface area contributed by atoms with Gasteiger partial charge in [-0.15, -0.1) is 0 Å². The van der Waals surface area contributed by atoms with Gasteiger partial charge in [0.15, 0.2) is 0 Å². The maximum absolute atomic E-state index is 3.57. The van der Waals surface area contributed by atoms with E-state index in [4.69, 9.17) is 0 Å². The normalized spacial score (nSPS) is 13.1. The van der Waals surface area contributed by atoms with Crippen molar-refractivity contribution >= 4 is 39.1 Å². The summed E-state index contributed by atoms with van der Waals surface area (Å²) >= 11 is 5.43. The molecule has 0 atom stereocenters. The Morgan fingerprint density at radius 2 is 1.83 bits per heavy atom. The summed E-state index contributed by atoms with van der Waals surface area (Å²) in [6.45, 7) is 3.28. The van der Waals surface area contributed by atoms with E-state index in [0.29, 0.717) is 0 Å². The molecule has 0 radical (unpaired) electrons. The highest BCUT2D eigenvalue weighted by Crippen LogP contribution is 2.48. The van der Waals surface area contributed by atoms with Gasteiger partial charge in [-0.2, -0.15) is 0 Å². The van der Waals surface area contributed by atoms with Gasteiger partial charge in [0, 0.05) is 20.8 Å². The Morgan fingerprint density at radius 3 is 2.67 bits per heavy atom. The molecule has 0 saturated carbocycles. The fourth-order valence-electron chi connectivity index (χ4n) is 2.27. The Hall–Kier alpha value is -0.930. The van der Waals surface area contributed by atoms with Crippen LogP contribution in [0.3, 0.4) is 0 Å². The quantitative estimate of drug-likeness (QED) is 0.722. The molecule has 2 aromatic carbocycles. The minimum Gasteiger partial charge on any atom is -0.340 e. The second kappa shape index (κ2) is 4.98. The first kappa shape index (κ1) is 12.1. The van der Waals surface area contributed by atoms with Gasteiger partial charge in [-0.1, -0.05) is 46.7 Å². The molecule has 0 unspecified atom stereocenters. The second-order valence-electron chi connectivity index (χ2n) is 4.33. The molecule has 1 aliphatic heterocycles. The van der Waals surface area contributed by atoms with Gasteiger partial charge in [0.2, 0.25) is 0 Å².